The Hall–Kier alpha value is -1.26. The van der Waals surface area contributed by atoms with Crippen molar-refractivity contribution < 1.29 is 4.84 Å². The van der Waals surface area contributed by atoms with Crippen molar-refractivity contribution in [1.29, 1.82) is 0 Å². The lowest BCUT2D eigenvalue weighted by Gasteiger charge is -2.13. The van der Waals surface area contributed by atoms with Crippen molar-refractivity contribution in [2.45, 2.75) is 12.5 Å². The molecule has 0 saturated carbocycles. The number of hydrogen-bond donors (Lipinski definition) is 1. The molecule has 1 aromatic carbocycles. The van der Waals surface area contributed by atoms with Gasteiger partial charge in [0.1, 0.15) is 6.10 Å². The molecular weight excluding hydrogens is 238 g/mol. The van der Waals surface area contributed by atoms with E-state index in [1.807, 2.05) is 38.4 Å². The fourth-order valence-electron chi connectivity index (χ4n) is 1.78. The molecule has 0 bridgehead atoms. The van der Waals surface area contributed by atoms with Crippen LogP contribution in [-0.2, 0) is 4.84 Å². The van der Waals surface area contributed by atoms with Crippen LogP contribution >= 0.6 is 12.4 Å². The first-order valence-corrected chi connectivity index (χ1v) is 5.38. The average Bonchev–Trinajstić information content (AvgIpc) is 2.66. The van der Waals surface area contributed by atoms with E-state index in [4.69, 9.17) is 10.6 Å². The van der Waals surface area contributed by atoms with Gasteiger partial charge in [0.25, 0.3) is 0 Å². The number of halogens is 1. The molecule has 17 heavy (non-hydrogen) atoms. The smallest absolute Gasteiger partial charge is 0.145 e. The van der Waals surface area contributed by atoms with Gasteiger partial charge in [0.05, 0.1) is 5.71 Å². The van der Waals surface area contributed by atoms with E-state index >= 15 is 0 Å². The van der Waals surface area contributed by atoms with Gasteiger partial charge < -0.3 is 15.5 Å². The standard InChI is InChI=1S/C12H17N3O.ClH/c1-15(2)8-11-7-12(14-16-11)9-3-5-10(13)6-4-9;/h3-6,11H,7-8,13H2,1-2H3;1H. The van der Waals surface area contributed by atoms with Gasteiger partial charge in [-0.25, -0.2) is 0 Å². The van der Waals surface area contributed by atoms with E-state index in [1.54, 1.807) is 0 Å². The van der Waals surface area contributed by atoms with Crippen LogP contribution in [0, 0.1) is 0 Å². The van der Waals surface area contributed by atoms with Gasteiger partial charge in [-0.15, -0.1) is 12.4 Å². The van der Waals surface area contributed by atoms with Crippen LogP contribution in [0.25, 0.3) is 0 Å². The second-order valence-electron chi connectivity index (χ2n) is 4.35. The highest BCUT2D eigenvalue weighted by atomic mass is 35.5. The third-order valence-corrected chi connectivity index (χ3v) is 2.55. The predicted octanol–water partition coefficient (Wildman–Crippen LogP) is 1.75. The number of rotatable bonds is 3. The van der Waals surface area contributed by atoms with E-state index in [1.165, 1.54) is 0 Å². The molecule has 0 saturated heterocycles. The van der Waals surface area contributed by atoms with Crippen molar-refractivity contribution in [3.8, 4) is 0 Å². The molecule has 0 amide bonds. The molecule has 1 aliphatic rings. The molecular formula is C12H18ClN3O. The number of nitrogens with two attached hydrogens (primary N) is 1. The lowest BCUT2D eigenvalue weighted by Crippen LogP contribution is -2.26. The van der Waals surface area contributed by atoms with Gasteiger partial charge in [0.15, 0.2) is 0 Å². The van der Waals surface area contributed by atoms with Gasteiger partial charge in [-0.3, -0.25) is 0 Å². The summed E-state index contributed by atoms with van der Waals surface area (Å²) < 4.78 is 0. The number of benzene rings is 1. The highest BCUT2D eigenvalue weighted by molar-refractivity contribution is 6.01. The van der Waals surface area contributed by atoms with Crippen molar-refractivity contribution >= 4 is 23.8 Å². The summed E-state index contributed by atoms with van der Waals surface area (Å²) in [6, 6.07) is 7.74. The van der Waals surface area contributed by atoms with Crippen molar-refractivity contribution in [3.05, 3.63) is 29.8 Å². The van der Waals surface area contributed by atoms with Gasteiger partial charge in [-0.1, -0.05) is 17.3 Å². The van der Waals surface area contributed by atoms with E-state index in [-0.39, 0.29) is 18.5 Å². The first-order chi connectivity index (χ1) is 7.65. The second-order valence-corrected chi connectivity index (χ2v) is 4.35. The highest BCUT2D eigenvalue weighted by Crippen LogP contribution is 2.17. The van der Waals surface area contributed by atoms with E-state index < -0.39 is 0 Å². The van der Waals surface area contributed by atoms with Crippen LogP contribution in [0.15, 0.2) is 29.4 Å². The third kappa shape index (κ3) is 3.61. The Morgan fingerprint density at radius 2 is 2.00 bits per heavy atom. The van der Waals surface area contributed by atoms with Crippen molar-refractivity contribution in [2.75, 3.05) is 26.4 Å². The zero-order chi connectivity index (χ0) is 11.5. The predicted molar refractivity (Wildman–Crippen MR) is 72.7 cm³/mol. The molecule has 0 fully saturated rings. The maximum atomic E-state index is 5.64. The minimum atomic E-state index is 0. The van der Waals surface area contributed by atoms with Gasteiger partial charge in [0, 0.05) is 18.7 Å². The van der Waals surface area contributed by atoms with Crippen LogP contribution in [-0.4, -0.2) is 37.4 Å². The minimum absolute atomic E-state index is 0. The molecule has 0 aliphatic carbocycles. The molecule has 1 atom stereocenters. The summed E-state index contributed by atoms with van der Waals surface area (Å²) in [4.78, 5) is 7.48. The summed E-state index contributed by atoms with van der Waals surface area (Å²) in [6.45, 7) is 0.891. The summed E-state index contributed by atoms with van der Waals surface area (Å²) in [6.07, 6.45) is 1.03. The molecule has 1 aromatic rings. The molecule has 2 N–H and O–H groups in total. The van der Waals surface area contributed by atoms with E-state index in [0.29, 0.717) is 0 Å². The highest BCUT2D eigenvalue weighted by Gasteiger charge is 2.22. The quantitative estimate of drug-likeness (QED) is 0.838. The topological polar surface area (TPSA) is 50.8 Å². The summed E-state index contributed by atoms with van der Waals surface area (Å²) in [5.41, 5.74) is 8.51. The molecule has 5 heteroatoms. The van der Waals surface area contributed by atoms with Crippen LogP contribution in [0.2, 0.25) is 0 Å². The van der Waals surface area contributed by atoms with Crippen LogP contribution in [0.3, 0.4) is 0 Å². The van der Waals surface area contributed by atoms with Crippen molar-refractivity contribution in [2.24, 2.45) is 5.16 Å². The van der Waals surface area contributed by atoms with Crippen LogP contribution < -0.4 is 5.73 Å². The van der Waals surface area contributed by atoms with Crippen molar-refractivity contribution in [3.63, 3.8) is 0 Å². The third-order valence-electron chi connectivity index (χ3n) is 2.55. The summed E-state index contributed by atoms with van der Waals surface area (Å²) in [5, 5.41) is 4.12. The molecule has 1 heterocycles. The lowest BCUT2D eigenvalue weighted by molar-refractivity contribution is 0.0650. The summed E-state index contributed by atoms with van der Waals surface area (Å²) >= 11 is 0. The van der Waals surface area contributed by atoms with Gasteiger partial charge >= 0.3 is 0 Å². The van der Waals surface area contributed by atoms with Gasteiger partial charge in [0.2, 0.25) is 0 Å². The monoisotopic (exact) mass is 255 g/mol. The van der Waals surface area contributed by atoms with Gasteiger partial charge in [-0.2, -0.15) is 0 Å². The number of hydrogen-bond acceptors (Lipinski definition) is 4. The van der Waals surface area contributed by atoms with E-state index in [0.717, 1.165) is 29.9 Å². The number of anilines is 1. The Morgan fingerprint density at radius 3 is 2.59 bits per heavy atom. The average molecular weight is 256 g/mol. The Bertz CT molecular complexity index is 389. The SMILES string of the molecule is CN(C)CC1CC(c2ccc(N)cc2)=NO1.Cl. The number of likely N-dealkylation sites (N-methyl/N-ethyl adjacent to an activating group) is 1. The molecule has 1 unspecified atom stereocenters. The Kier molecular flexibility index (Phi) is 4.78. The molecule has 1 aliphatic heterocycles. The van der Waals surface area contributed by atoms with E-state index in [9.17, 15) is 0 Å². The normalized spacial score (nSPS) is 18.5. The number of nitrogen functional groups attached to an aromatic ring is 1. The van der Waals surface area contributed by atoms with E-state index in [2.05, 4.69) is 10.1 Å². The Labute approximate surface area is 108 Å². The lowest BCUT2D eigenvalue weighted by atomic mass is 10.0. The zero-order valence-corrected chi connectivity index (χ0v) is 10.9. The molecule has 4 nitrogen and oxygen atoms in total. The first kappa shape index (κ1) is 13.8. The van der Waals surface area contributed by atoms with Gasteiger partial charge in [-0.05, 0) is 31.8 Å². The molecule has 2 rings (SSSR count). The Balaban J connectivity index is 0.00000144. The number of oxime groups is 1. The maximum absolute atomic E-state index is 5.64. The van der Waals surface area contributed by atoms with Crippen LogP contribution in [0.5, 0.6) is 0 Å². The fraction of sp³-hybridized carbons (Fsp3) is 0.417. The Morgan fingerprint density at radius 1 is 1.35 bits per heavy atom. The summed E-state index contributed by atoms with van der Waals surface area (Å²) in [5.74, 6) is 0. The molecule has 0 spiro atoms. The second kappa shape index (κ2) is 5.89. The summed E-state index contributed by atoms with van der Waals surface area (Å²) in [7, 11) is 4.06. The van der Waals surface area contributed by atoms with Crippen molar-refractivity contribution in [1.82, 2.24) is 4.90 Å². The zero-order valence-electron chi connectivity index (χ0n) is 10.1. The minimum Gasteiger partial charge on any atom is -0.399 e. The first-order valence-electron chi connectivity index (χ1n) is 5.38. The number of nitrogens with zero attached hydrogens (tertiary/aromatic N) is 2. The molecule has 0 aromatic heterocycles. The van der Waals surface area contributed by atoms with Crippen LogP contribution in [0.1, 0.15) is 12.0 Å². The molecule has 0 radical (unpaired) electrons. The largest absolute Gasteiger partial charge is 0.399 e. The fourth-order valence-corrected chi connectivity index (χ4v) is 1.78. The molecule has 94 valence electrons. The maximum Gasteiger partial charge on any atom is 0.145 e. The van der Waals surface area contributed by atoms with Crippen LogP contribution in [0.4, 0.5) is 5.69 Å².